The Bertz CT molecular complexity index is 533. The maximum Gasteiger partial charge on any atom is 0.268 e. The van der Waals surface area contributed by atoms with Gasteiger partial charge in [0.25, 0.3) is 5.91 Å². The number of nitrogens with one attached hydrogen (secondary N) is 1. The molecule has 1 N–H and O–H groups in total. The number of nitrogens with zero attached hydrogens (tertiary/aromatic N) is 1. The first-order chi connectivity index (χ1) is 8.72. The van der Waals surface area contributed by atoms with E-state index in [-0.39, 0.29) is 5.91 Å². The standard InChI is InChI=1S/C13H15BrN2OS/c1-2-6-16-7-3-4-11(16)13(17)15-9-12-10(14)5-8-18-12/h3-5,7-8H,2,6,9H2,1H3,(H,15,17). The lowest BCUT2D eigenvalue weighted by Gasteiger charge is -2.08. The first kappa shape index (κ1) is 13.4. The Morgan fingerprint density at radius 1 is 1.50 bits per heavy atom. The summed E-state index contributed by atoms with van der Waals surface area (Å²) in [5.74, 6) is -0.0197. The third-order valence-corrected chi connectivity index (χ3v) is 4.55. The average Bonchev–Trinajstić information content (AvgIpc) is 2.96. The van der Waals surface area contributed by atoms with E-state index in [0.29, 0.717) is 6.54 Å². The van der Waals surface area contributed by atoms with Crippen molar-refractivity contribution in [3.63, 3.8) is 0 Å². The maximum atomic E-state index is 12.1. The molecule has 0 aliphatic rings. The molecule has 0 aliphatic carbocycles. The summed E-state index contributed by atoms with van der Waals surface area (Å²) in [5.41, 5.74) is 0.726. The van der Waals surface area contributed by atoms with E-state index in [0.717, 1.165) is 28.0 Å². The van der Waals surface area contributed by atoms with Crippen molar-refractivity contribution in [1.82, 2.24) is 9.88 Å². The third kappa shape index (κ3) is 3.03. The van der Waals surface area contributed by atoms with Crippen molar-refractivity contribution in [2.24, 2.45) is 0 Å². The van der Waals surface area contributed by atoms with E-state index in [2.05, 4.69) is 28.2 Å². The zero-order valence-corrected chi connectivity index (χ0v) is 12.6. The molecule has 0 aliphatic heterocycles. The van der Waals surface area contributed by atoms with Gasteiger partial charge in [0.05, 0.1) is 6.54 Å². The van der Waals surface area contributed by atoms with Crippen molar-refractivity contribution in [1.29, 1.82) is 0 Å². The summed E-state index contributed by atoms with van der Waals surface area (Å²) in [6, 6.07) is 5.76. The van der Waals surface area contributed by atoms with E-state index in [9.17, 15) is 4.79 Å². The molecule has 0 spiro atoms. The smallest absolute Gasteiger partial charge is 0.268 e. The van der Waals surface area contributed by atoms with Gasteiger partial charge in [-0.25, -0.2) is 0 Å². The topological polar surface area (TPSA) is 34.0 Å². The Balaban J connectivity index is 1.99. The second kappa shape index (κ2) is 6.20. The number of hydrogen-bond acceptors (Lipinski definition) is 2. The predicted molar refractivity (Wildman–Crippen MR) is 77.9 cm³/mol. The normalized spacial score (nSPS) is 10.6. The molecule has 0 unspecified atom stereocenters. The molecule has 2 rings (SSSR count). The lowest BCUT2D eigenvalue weighted by Crippen LogP contribution is -2.25. The molecule has 0 fully saturated rings. The van der Waals surface area contributed by atoms with E-state index in [4.69, 9.17) is 0 Å². The summed E-state index contributed by atoms with van der Waals surface area (Å²) in [4.78, 5) is 13.2. The zero-order chi connectivity index (χ0) is 13.0. The number of halogens is 1. The zero-order valence-electron chi connectivity index (χ0n) is 10.1. The molecule has 18 heavy (non-hydrogen) atoms. The number of aryl methyl sites for hydroxylation is 1. The van der Waals surface area contributed by atoms with Gasteiger partial charge in [0.1, 0.15) is 5.69 Å². The fraction of sp³-hybridized carbons (Fsp3) is 0.308. The van der Waals surface area contributed by atoms with Crippen molar-refractivity contribution >= 4 is 33.2 Å². The van der Waals surface area contributed by atoms with E-state index < -0.39 is 0 Å². The van der Waals surface area contributed by atoms with Crippen LogP contribution in [0.1, 0.15) is 28.7 Å². The highest BCUT2D eigenvalue weighted by Crippen LogP contribution is 2.22. The van der Waals surface area contributed by atoms with Crippen LogP contribution in [0.2, 0.25) is 0 Å². The van der Waals surface area contributed by atoms with Gasteiger partial charge in [-0.05, 0) is 45.9 Å². The van der Waals surface area contributed by atoms with Crippen LogP contribution in [0.25, 0.3) is 0 Å². The fourth-order valence-corrected chi connectivity index (χ4v) is 3.19. The minimum absolute atomic E-state index is 0.0197. The largest absolute Gasteiger partial charge is 0.346 e. The van der Waals surface area contributed by atoms with E-state index in [1.54, 1.807) is 11.3 Å². The highest BCUT2D eigenvalue weighted by atomic mass is 79.9. The van der Waals surface area contributed by atoms with E-state index >= 15 is 0 Å². The summed E-state index contributed by atoms with van der Waals surface area (Å²) in [6.45, 7) is 3.54. The molecule has 0 radical (unpaired) electrons. The van der Waals surface area contributed by atoms with Crippen LogP contribution in [0.15, 0.2) is 34.2 Å². The van der Waals surface area contributed by atoms with Crippen LogP contribution >= 0.6 is 27.3 Å². The molecule has 96 valence electrons. The lowest BCUT2D eigenvalue weighted by molar-refractivity contribution is 0.0942. The molecule has 5 heteroatoms. The van der Waals surface area contributed by atoms with Gasteiger partial charge in [-0.1, -0.05) is 6.92 Å². The molecule has 0 saturated heterocycles. The first-order valence-electron chi connectivity index (χ1n) is 5.87. The summed E-state index contributed by atoms with van der Waals surface area (Å²) in [6.07, 6.45) is 2.96. The van der Waals surface area contributed by atoms with Gasteiger partial charge in [0.15, 0.2) is 0 Å². The number of rotatable bonds is 5. The van der Waals surface area contributed by atoms with Crippen LogP contribution < -0.4 is 5.32 Å². The quantitative estimate of drug-likeness (QED) is 0.894. The number of carbonyl (C=O) groups is 1. The second-order valence-corrected chi connectivity index (χ2v) is 5.82. The summed E-state index contributed by atoms with van der Waals surface area (Å²) in [5, 5.41) is 4.95. The second-order valence-electron chi connectivity index (χ2n) is 3.96. The predicted octanol–water partition coefficient (Wildman–Crippen LogP) is 3.65. The van der Waals surface area contributed by atoms with Crippen LogP contribution in [0.4, 0.5) is 0 Å². The van der Waals surface area contributed by atoms with Crippen LogP contribution in [0, 0.1) is 0 Å². The molecule has 1 amide bonds. The van der Waals surface area contributed by atoms with Crippen molar-refractivity contribution in [2.45, 2.75) is 26.4 Å². The first-order valence-corrected chi connectivity index (χ1v) is 7.55. The number of carbonyl (C=O) groups excluding carboxylic acids is 1. The van der Waals surface area contributed by atoms with E-state index in [1.165, 1.54) is 0 Å². The molecule has 2 aromatic heterocycles. The molecule has 0 aromatic carbocycles. The monoisotopic (exact) mass is 326 g/mol. The number of aromatic nitrogens is 1. The van der Waals surface area contributed by atoms with Gasteiger partial charge in [-0.15, -0.1) is 11.3 Å². The third-order valence-electron chi connectivity index (χ3n) is 2.63. The Hall–Kier alpha value is -1.07. The van der Waals surface area contributed by atoms with Gasteiger partial charge in [-0.3, -0.25) is 4.79 Å². The molecular formula is C13H15BrN2OS. The maximum absolute atomic E-state index is 12.1. The van der Waals surface area contributed by atoms with Gasteiger partial charge >= 0.3 is 0 Å². The van der Waals surface area contributed by atoms with Crippen molar-refractivity contribution in [3.8, 4) is 0 Å². The highest BCUT2D eigenvalue weighted by Gasteiger charge is 2.10. The number of thiophene rings is 1. The summed E-state index contributed by atoms with van der Waals surface area (Å²) in [7, 11) is 0. The van der Waals surface area contributed by atoms with Crippen LogP contribution in [-0.4, -0.2) is 10.5 Å². The fourth-order valence-electron chi connectivity index (χ4n) is 1.76. The Morgan fingerprint density at radius 3 is 3.00 bits per heavy atom. The van der Waals surface area contributed by atoms with Crippen molar-refractivity contribution in [2.75, 3.05) is 0 Å². The van der Waals surface area contributed by atoms with Crippen LogP contribution in [-0.2, 0) is 13.1 Å². The van der Waals surface area contributed by atoms with Crippen molar-refractivity contribution in [3.05, 3.63) is 44.8 Å². The van der Waals surface area contributed by atoms with Gasteiger partial charge in [0, 0.05) is 22.1 Å². The minimum atomic E-state index is -0.0197. The molecule has 0 saturated carbocycles. The van der Waals surface area contributed by atoms with Crippen LogP contribution in [0.5, 0.6) is 0 Å². The summed E-state index contributed by atoms with van der Waals surface area (Å²) < 4.78 is 3.04. The molecule has 2 aromatic rings. The summed E-state index contributed by atoms with van der Waals surface area (Å²) >= 11 is 5.09. The Labute approximate surface area is 119 Å². The molecule has 2 heterocycles. The molecule has 0 bridgehead atoms. The highest BCUT2D eigenvalue weighted by molar-refractivity contribution is 9.10. The lowest BCUT2D eigenvalue weighted by atomic mass is 10.3. The molecule has 3 nitrogen and oxygen atoms in total. The van der Waals surface area contributed by atoms with E-state index in [1.807, 2.05) is 34.3 Å². The minimum Gasteiger partial charge on any atom is -0.346 e. The Kier molecular flexibility index (Phi) is 4.60. The average molecular weight is 327 g/mol. The number of hydrogen-bond donors (Lipinski definition) is 1. The van der Waals surface area contributed by atoms with Crippen molar-refractivity contribution < 1.29 is 4.79 Å². The van der Waals surface area contributed by atoms with Crippen LogP contribution in [0.3, 0.4) is 0 Å². The van der Waals surface area contributed by atoms with Gasteiger partial charge in [0.2, 0.25) is 0 Å². The van der Waals surface area contributed by atoms with Gasteiger partial charge < -0.3 is 9.88 Å². The van der Waals surface area contributed by atoms with Gasteiger partial charge in [-0.2, -0.15) is 0 Å². The molecule has 0 atom stereocenters. The number of amides is 1. The molecular weight excluding hydrogens is 312 g/mol. The Morgan fingerprint density at radius 2 is 2.33 bits per heavy atom. The SMILES string of the molecule is CCCn1cccc1C(=O)NCc1sccc1Br.